The number of carbonyl (C=O) groups is 1. The maximum atomic E-state index is 12.5. The number of hydrogen-bond donors (Lipinski definition) is 4. The molecule has 0 amide bonds. The van der Waals surface area contributed by atoms with E-state index in [-0.39, 0.29) is 28.3 Å². The molecule has 0 saturated carbocycles. The Hall–Kier alpha value is -2.93. The van der Waals surface area contributed by atoms with Crippen LogP contribution in [0.3, 0.4) is 0 Å². The van der Waals surface area contributed by atoms with Crippen molar-refractivity contribution in [1.82, 2.24) is 0 Å². The number of nitrogens with zero attached hydrogens (tertiary/aromatic N) is 1. The minimum atomic E-state index is -1.56. The fourth-order valence-corrected chi connectivity index (χ4v) is 2.88. The average molecular weight is 423 g/mol. The van der Waals surface area contributed by atoms with Crippen LogP contribution in [0.15, 0.2) is 48.5 Å². The lowest BCUT2D eigenvalue weighted by molar-refractivity contribution is -0.384. The molecule has 1 aliphatic rings. The molecule has 11 nitrogen and oxygen atoms in total. The Morgan fingerprint density at radius 2 is 1.50 bits per heavy atom. The van der Waals surface area contributed by atoms with Crippen LogP contribution in [-0.4, -0.2) is 73.9 Å². The van der Waals surface area contributed by atoms with Gasteiger partial charge in [0.2, 0.25) is 6.29 Å². The standard InChI is InChI=1S/C19H19NO9.H2O/c21-9-14-16(23)17(24)18(25)19(29-14)28-13-7-3-11(4-8-13)15(22)10-1-5-12(6-2-10)20(26)27;/h1-8,14,16-19,21,23-25H,9H2;1H2/t14-,16-,17+,18-,19-;/m1./s1. The lowest BCUT2D eigenvalue weighted by Crippen LogP contribution is -2.60. The highest BCUT2D eigenvalue weighted by atomic mass is 16.7. The summed E-state index contributed by atoms with van der Waals surface area (Å²) in [5, 5.41) is 49.4. The van der Waals surface area contributed by atoms with Gasteiger partial charge in [0.1, 0.15) is 30.2 Å². The highest BCUT2D eigenvalue weighted by Crippen LogP contribution is 2.25. The van der Waals surface area contributed by atoms with Crippen LogP contribution < -0.4 is 4.74 Å². The molecule has 2 aromatic carbocycles. The van der Waals surface area contributed by atoms with E-state index in [1.54, 1.807) is 0 Å². The van der Waals surface area contributed by atoms with Gasteiger partial charge in [-0.1, -0.05) is 0 Å². The van der Waals surface area contributed by atoms with Crippen molar-refractivity contribution in [2.45, 2.75) is 30.7 Å². The molecule has 1 heterocycles. The van der Waals surface area contributed by atoms with Crippen molar-refractivity contribution < 1.29 is 45.1 Å². The van der Waals surface area contributed by atoms with Crippen LogP contribution in [0.25, 0.3) is 0 Å². The smallest absolute Gasteiger partial charge is 0.269 e. The summed E-state index contributed by atoms with van der Waals surface area (Å²) in [7, 11) is 0. The van der Waals surface area contributed by atoms with Crippen molar-refractivity contribution in [2.75, 3.05) is 6.61 Å². The van der Waals surface area contributed by atoms with Gasteiger partial charge in [-0.05, 0) is 36.4 Å². The second-order valence-corrected chi connectivity index (χ2v) is 6.47. The van der Waals surface area contributed by atoms with Gasteiger partial charge in [0, 0.05) is 23.3 Å². The molecule has 3 rings (SSSR count). The lowest BCUT2D eigenvalue weighted by atomic mass is 9.99. The van der Waals surface area contributed by atoms with Gasteiger partial charge >= 0.3 is 0 Å². The highest BCUT2D eigenvalue weighted by molar-refractivity contribution is 6.09. The third-order valence-corrected chi connectivity index (χ3v) is 4.56. The van der Waals surface area contributed by atoms with Gasteiger partial charge in [0.25, 0.3) is 5.69 Å². The van der Waals surface area contributed by atoms with Gasteiger partial charge in [0.05, 0.1) is 11.5 Å². The molecule has 1 fully saturated rings. The summed E-state index contributed by atoms with van der Waals surface area (Å²) in [6.45, 7) is -0.576. The number of rotatable bonds is 6. The van der Waals surface area contributed by atoms with E-state index in [1.165, 1.54) is 48.5 Å². The molecular formula is C19H21NO10. The Balaban J connectivity index is 0.00000320. The van der Waals surface area contributed by atoms with Gasteiger partial charge in [0.15, 0.2) is 5.78 Å². The number of nitro groups is 1. The van der Waals surface area contributed by atoms with Crippen LogP contribution in [0.5, 0.6) is 5.75 Å². The van der Waals surface area contributed by atoms with Gasteiger partial charge in [-0.15, -0.1) is 0 Å². The monoisotopic (exact) mass is 423 g/mol. The Kier molecular flexibility index (Phi) is 7.56. The van der Waals surface area contributed by atoms with Crippen LogP contribution in [0, 0.1) is 10.1 Å². The van der Waals surface area contributed by atoms with Crippen LogP contribution in [-0.2, 0) is 4.74 Å². The molecule has 30 heavy (non-hydrogen) atoms. The van der Waals surface area contributed by atoms with Crippen molar-refractivity contribution in [3.05, 3.63) is 69.8 Å². The summed E-state index contributed by atoms with van der Waals surface area (Å²) in [4.78, 5) is 22.6. The summed E-state index contributed by atoms with van der Waals surface area (Å²) in [6, 6.07) is 11.0. The third kappa shape index (κ3) is 4.79. The average Bonchev–Trinajstić information content (AvgIpc) is 2.74. The van der Waals surface area contributed by atoms with Crippen LogP contribution in [0.4, 0.5) is 5.69 Å². The third-order valence-electron chi connectivity index (χ3n) is 4.56. The van der Waals surface area contributed by atoms with Gasteiger partial charge in [-0.25, -0.2) is 0 Å². The number of aliphatic hydroxyl groups is 4. The number of ketones is 1. The maximum Gasteiger partial charge on any atom is 0.269 e. The number of carbonyl (C=O) groups excluding carboxylic acids is 1. The Morgan fingerprint density at radius 1 is 0.967 bits per heavy atom. The summed E-state index contributed by atoms with van der Waals surface area (Å²) in [5.74, 6) is -0.131. The number of non-ortho nitro benzene ring substituents is 1. The maximum absolute atomic E-state index is 12.5. The quantitative estimate of drug-likeness (QED) is 0.261. The Morgan fingerprint density at radius 3 is 2.00 bits per heavy atom. The predicted octanol–water partition coefficient (Wildman–Crippen LogP) is -0.820. The van der Waals surface area contributed by atoms with E-state index in [9.17, 15) is 35.3 Å². The van der Waals surface area contributed by atoms with E-state index in [1.807, 2.05) is 0 Å². The minimum Gasteiger partial charge on any atom is -0.462 e. The first-order valence-electron chi connectivity index (χ1n) is 8.68. The van der Waals surface area contributed by atoms with E-state index >= 15 is 0 Å². The molecule has 0 spiro atoms. The first-order valence-corrected chi connectivity index (χ1v) is 8.68. The summed E-state index contributed by atoms with van der Waals surface area (Å²) in [5.41, 5.74) is 0.461. The van der Waals surface area contributed by atoms with Crippen molar-refractivity contribution >= 4 is 11.5 Å². The summed E-state index contributed by atoms with van der Waals surface area (Å²) < 4.78 is 10.7. The topological polar surface area (TPSA) is 191 Å². The lowest BCUT2D eigenvalue weighted by Gasteiger charge is -2.39. The van der Waals surface area contributed by atoms with Gasteiger partial charge < -0.3 is 35.4 Å². The van der Waals surface area contributed by atoms with Crippen molar-refractivity contribution in [3.63, 3.8) is 0 Å². The van der Waals surface area contributed by atoms with Gasteiger partial charge in [-0.2, -0.15) is 0 Å². The molecular weight excluding hydrogens is 402 g/mol. The van der Waals surface area contributed by atoms with E-state index in [0.29, 0.717) is 5.56 Å². The normalized spacial score (nSPS) is 25.8. The van der Waals surface area contributed by atoms with E-state index in [2.05, 4.69) is 0 Å². The number of nitro benzene ring substituents is 1. The molecule has 1 saturated heterocycles. The fourth-order valence-electron chi connectivity index (χ4n) is 2.88. The zero-order valence-corrected chi connectivity index (χ0v) is 15.5. The first-order chi connectivity index (χ1) is 13.8. The summed E-state index contributed by atoms with van der Waals surface area (Å²) >= 11 is 0. The zero-order valence-electron chi connectivity index (χ0n) is 15.5. The van der Waals surface area contributed by atoms with Gasteiger partial charge in [-0.3, -0.25) is 14.9 Å². The summed E-state index contributed by atoms with van der Waals surface area (Å²) in [6.07, 6.45) is -7.03. The van der Waals surface area contributed by atoms with Crippen molar-refractivity contribution in [3.8, 4) is 5.75 Å². The van der Waals surface area contributed by atoms with E-state index in [4.69, 9.17) is 9.47 Å². The van der Waals surface area contributed by atoms with Crippen molar-refractivity contribution in [1.29, 1.82) is 0 Å². The highest BCUT2D eigenvalue weighted by Gasteiger charge is 2.44. The molecule has 0 bridgehead atoms. The molecule has 11 heteroatoms. The van der Waals surface area contributed by atoms with E-state index in [0.717, 1.165) is 0 Å². The van der Waals surface area contributed by atoms with Crippen LogP contribution in [0.2, 0.25) is 0 Å². The van der Waals surface area contributed by atoms with Crippen LogP contribution in [0.1, 0.15) is 15.9 Å². The molecule has 0 unspecified atom stereocenters. The molecule has 0 aromatic heterocycles. The Labute approximate surface area is 170 Å². The van der Waals surface area contributed by atoms with E-state index < -0.39 is 42.2 Å². The molecule has 5 atom stereocenters. The molecule has 6 N–H and O–H groups in total. The molecule has 1 aliphatic heterocycles. The molecule has 0 aliphatic carbocycles. The first kappa shape index (κ1) is 23.3. The predicted molar refractivity (Wildman–Crippen MR) is 101 cm³/mol. The fraction of sp³-hybridized carbons (Fsp3) is 0.316. The number of hydrogen-bond acceptors (Lipinski definition) is 9. The van der Waals surface area contributed by atoms with Crippen molar-refractivity contribution in [2.24, 2.45) is 0 Å². The minimum absolute atomic E-state index is 0. The molecule has 0 radical (unpaired) electrons. The SMILES string of the molecule is O.O=C(c1ccc(O[C@@H]2O[C@H](CO)[C@@H](O)[C@H](O)[C@H]2O)cc1)c1ccc([N+](=O)[O-])cc1. The molecule has 162 valence electrons. The largest absolute Gasteiger partial charge is 0.462 e. The second-order valence-electron chi connectivity index (χ2n) is 6.47. The zero-order chi connectivity index (χ0) is 21.1. The second kappa shape index (κ2) is 9.71. The number of ether oxygens (including phenoxy) is 2. The molecule has 2 aromatic rings. The number of benzene rings is 2. The number of aliphatic hydroxyl groups excluding tert-OH is 4. The van der Waals surface area contributed by atoms with Crippen LogP contribution >= 0.6 is 0 Å². The Bertz CT molecular complexity index is 868.